The summed E-state index contributed by atoms with van der Waals surface area (Å²) in [5.41, 5.74) is 11.6. The molecule has 0 radical (unpaired) electrons. The number of hydrogen-bond donors (Lipinski definition) is 6. The standard InChI is InChI=1S/C49H97N5O2.3C2HF3O2/c1-3-5-7-9-11-13-15-17-19-21-23-25-27-29-31-38-48(55)53(45-35-40-50)44-34-33-42-52-43-37-47-54(46-36-41-51)49(56)39-32-30-28-26-24-22-20-18-16-14-12-10-8-6-4-2;3*3-2(4,5)1(6)7/h17-20,52H,3-16,21-47,50-51H2,1-2H3;3*(H,6,7). The molecule has 0 atom stereocenters. The Morgan fingerprint density at radius 2 is 0.623 bits per heavy atom. The van der Waals surface area contributed by atoms with Crippen LogP contribution in [0.1, 0.15) is 226 Å². The van der Waals surface area contributed by atoms with Crippen molar-refractivity contribution in [3.05, 3.63) is 24.3 Å². The molecule has 77 heavy (non-hydrogen) atoms. The van der Waals surface area contributed by atoms with Crippen LogP contribution in [0.4, 0.5) is 39.5 Å². The third kappa shape index (κ3) is 62.8. The zero-order valence-corrected chi connectivity index (χ0v) is 46.6. The number of halogens is 9. The number of allylic oxidation sites excluding steroid dienone is 4. The second-order valence-corrected chi connectivity index (χ2v) is 18.9. The molecule has 0 unspecified atom stereocenters. The molecule has 0 rings (SSSR count). The lowest BCUT2D eigenvalue weighted by molar-refractivity contribution is -0.193. The van der Waals surface area contributed by atoms with Gasteiger partial charge in [-0.25, -0.2) is 14.4 Å². The maximum Gasteiger partial charge on any atom is 0.490 e. The molecule has 0 spiro atoms. The van der Waals surface area contributed by atoms with E-state index < -0.39 is 36.4 Å². The van der Waals surface area contributed by atoms with Crippen LogP contribution in [0.5, 0.6) is 0 Å². The first-order chi connectivity index (χ1) is 36.4. The Morgan fingerprint density at radius 3 is 0.909 bits per heavy atom. The van der Waals surface area contributed by atoms with Crippen LogP contribution in [0.2, 0.25) is 0 Å². The van der Waals surface area contributed by atoms with Crippen LogP contribution >= 0.6 is 0 Å². The number of alkyl halides is 9. The average Bonchev–Trinajstić information content (AvgIpc) is 3.36. The monoisotopic (exact) mass is 1130 g/mol. The number of nitrogens with two attached hydrogens (primary N) is 2. The molecule has 0 saturated carbocycles. The number of nitrogens with one attached hydrogen (secondary N) is 1. The summed E-state index contributed by atoms with van der Waals surface area (Å²) in [7, 11) is 0. The largest absolute Gasteiger partial charge is 0.490 e. The number of rotatable bonds is 45. The summed E-state index contributed by atoms with van der Waals surface area (Å²) in [6.45, 7) is 10.8. The maximum atomic E-state index is 13.0. The third-order valence-corrected chi connectivity index (χ3v) is 11.8. The molecule has 0 bridgehead atoms. The first-order valence-corrected chi connectivity index (χ1v) is 28.3. The van der Waals surface area contributed by atoms with Gasteiger partial charge in [0.15, 0.2) is 0 Å². The van der Waals surface area contributed by atoms with E-state index in [1.807, 2.05) is 4.90 Å². The number of hydrogen-bond acceptors (Lipinski definition) is 8. The van der Waals surface area contributed by atoms with Gasteiger partial charge in [-0.15, -0.1) is 0 Å². The molecule has 0 heterocycles. The maximum absolute atomic E-state index is 13.0. The van der Waals surface area contributed by atoms with Crippen molar-refractivity contribution in [3.8, 4) is 0 Å². The molecule has 0 aliphatic rings. The predicted molar refractivity (Wildman–Crippen MR) is 287 cm³/mol. The molecule has 0 aliphatic carbocycles. The zero-order valence-electron chi connectivity index (χ0n) is 46.6. The van der Waals surface area contributed by atoms with Crippen LogP contribution < -0.4 is 16.8 Å². The number of nitrogens with zero attached hydrogens (tertiary/aromatic N) is 2. The van der Waals surface area contributed by atoms with Gasteiger partial charge in [-0.3, -0.25) is 9.59 Å². The van der Waals surface area contributed by atoms with Crippen molar-refractivity contribution < 1.29 is 78.8 Å². The number of aliphatic carboxylic acids is 3. The fourth-order valence-corrected chi connectivity index (χ4v) is 7.37. The SMILES string of the molecule is CCCCCCCCC=CCCCCCCCC(=O)N(CCCN)CCCCNCCCN(CCCN)C(=O)CCCCCCCC=CCCCCCCCC.O=C(O)C(F)(F)F.O=C(O)C(F)(F)F.O=C(O)C(F)(F)F. The number of unbranched alkanes of at least 4 members (excludes halogenated alkanes) is 23. The molecular formula is C55H100F9N5O8. The highest BCUT2D eigenvalue weighted by atomic mass is 19.4. The van der Waals surface area contributed by atoms with Gasteiger partial charge in [-0.05, 0) is 122 Å². The number of carbonyl (C=O) groups excluding carboxylic acids is 2. The van der Waals surface area contributed by atoms with Gasteiger partial charge < -0.3 is 41.9 Å². The summed E-state index contributed by atoms with van der Waals surface area (Å²) in [5.74, 6) is -7.68. The van der Waals surface area contributed by atoms with E-state index in [9.17, 15) is 49.1 Å². The third-order valence-electron chi connectivity index (χ3n) is 11.8. The first kappa shape index (κ1) is 79.6. The second-order valence-electron chi connectivity index (χ2n) is 18.9. The van der Waals surface area contributed by atoms with Crippen LogP contribution in [0.25, 0.3) is 0 Å². The molecule has 0 aromatic heterocycles. The first-order valence-electron chi connectivity index (χ1n) is 28.3. The van der Waals surface area contributed by atoms with Crippen molar-refractivity contribution in [3.63, 3.8) is 0 Å². The van der Waals surface area contributed by atoms with E-state index in [0.717, 1.165) is 97.1 Å². The Hall–Kier alpha value is -3.92. The highest BCUT2D eigenvalue weighted by Crippen LogP contribution is 2.16. The Kier molecular flexibility index (Phi) is 57.2. The van der Waals surface area contributed by atoms with Crippen molar-refractivity contribution in [1.29, 1.82) is 0 Å². The summed E-state index contributed by atoms with van der Waals surface area (Å²) >= 11 is 0. The zero-order chi connectivity index (χ0) is 59.1. The van der Waals surface area contributed by atoms with Crippen molar-refractivity contribution in [2.45, 2.75) is 244 Å². The van der Waals surface area contributed by atoms with Gasteiger partial charge in [0.05, 0.1) is 0 Å². The Balaban J connectivity index is -0.00000105. The van der Waals surface area contributed by atoms with E-state index in [0.29, 0.717) is 37.7 Å². The lowest BCUT2D eigenvalue weighted by Gasteiger charge is -2.23. The highest BCUT2D eigenvalue weighted by molar-refractivity contribution is 5.76. The molecule has 0 saturated heterocycles. The van der Waals surface area contributed by atoms with Gasteiger partial charge in [0.2, 0.25) is 11.8 Å². The molecule has 2 amide bonds. The summed E-state index contributed by atoms with van der Waals surface area (Å²) < 4.78 is 95.2. The van der Waals surface area contributed by atoms with Crippen molar-refractivity contribution >= 4 is 29.7 Å². The van der Waals surface area contributed by atoms with E-state index in [2.05, 4.69) is 48.4 Å². The molecule has 0 aromatic rings. The normalized spacial score (nSPS) is 11.6. The van der Waals surface area contributed by atoms with Gasteiger partial charge in [0.25, 0.3) is 0 Å². The van der Waals surface area contributed by atoms with Gasteiger partial charge in [0.1, 0.15) is 0 Å². The molecule has 13 nitrogen and oxygen atoms in total. The van der Waals surface area contributed by atoms with E-state index >= 15 is 0 Å². The van der Waals surface area contributed by atoms with Gasteiger partial charge in [-0.2, -0.15) is 39.5 Å². The van der Waals surface area contributed by atoms with Crippen LogP contribution in [0.15, 0.2) is 24.3 Å². The Morgan fingerprint density at radius 1 is 0.377 bits per heavy atom. The number of carboxylic acids is 3. The minimum atomic E-state index is -5.08. The molecule has 22 heteroatoms. The lowest BCUT2D eigenvalue weighted by Crippen LogP contribution is -2.35. The van der Waals surface area contributed by atoms with Crippen LogP contribution in [0, 0.1) is 0 Å². The van der Waals surface area contributed by atoms with Gasteiger partial charge in [-0.1, -0.05) is 141 Å². The van der Waals surface area contributed by atoms with Gasteiger partial charge in [0, 0.05) is 39.0 Å². The van der Waals surface area contributed by atoms with Gasteiger partial charge >= 0.3 is 36.4 Å². The number of carboxylic acid groups (broad SMARTS) is 3. The minimum absolute atomic E-state index is 0.292. The molecular weight excluding hydrogens is 1030 g/mol. The van der Waals surface area contributed by atoms with Crippen molar-refractivity contribution in [2.75, 3.05) is 52.4 Å². The molecule has 456 valence electrons. The summed E-state index contributed by atoms with van der Waals surface area (Å²) in [6, 6.07) is 0. The van der Waals surface area contributed by atoms with Crippen LogP contribution in [-0.2, 0) is 24.0 Å². The van der Waals surface area contributed by atoms with Crippen molar-refractivity contribution in [1.82, 2.24) is 15.1 Å². The molecule has 0 aromatic carbocycles. The minimum Gasteiger partial charge on any atom is -0.475 e. The smallest absolute Gasteiger partial charge is 0.475 e. The number of carbonyl (C=O) groups is 5. The fourth-order valence-electron chi connectivity index (χ4n) is 7.37. The summed E-state index contributed by atoms with van der Waals surface area (Å²) in [5, 5.41) is 24.9. The Labute approximate surface area is 455 Å². The van der Waals surface area contributed by atoms with Crippen LogP contribution in [0.3, 0.4) is 0 Å². The molecule has 0 fully saturated rings. The average molecular weight is 1130 g/mol. The van der Waals surface area contributed by atoms with Crippen molar-refractivity contribution in [2.24, 2.45) is 11.5 Å². The van der Waals surface area contributed by atoms with E-state index in [1.165, 1.54) is 141 Å². The van der Waals surface area contributed by atoms with E-state index in [1.54, 1.807) is 0 Å². The fraction of sp³-hybridized carbons (Fsp3) is 0.836. The highest BCUT2D eigenvalue weighted by Gasteiger charge is 2.39. The predicted octanol–water partition coefficient (Wildman–Crippen LogP) is 14.1. The lowest BCUT2D eigenvalue weighted by atomic mass is 10.1. The molecule has 0 aliphatic heterocycles. The topological polar surface area (TPSA) is 217 Å². The Bertz CT molecular complexity index is 1340. The van der Waals surface area contributed by atoms with Crippen LogP contribution in [-0.4, -0.2) is 126 Å². The molecule has 8 N–H and O–H groups in total. The quantitative estimate of drug-likeness (QED) is 0.0191. The second kappa shape index (κ2) is 55.4. The van der Waals surface area contributed by atoms with E-state index in [-0.39, 0.29) is 0 Å². The van der Waals surface area contributed by atoms with E-state index in [4.69, 9.17) is 41.2 Å². The number of amides is 2. The summed E-state index contributed by atoms with van der Waals surface area (Å²) in [6.07, 6.45) is 33.4. The summed E-state index contributed by atoms with van der Waals surface area (Å²) in [4.78, 5) is 56.8.